The zero-order chi connectivity index (χ0) is 26.4. The van der Waals surface area contributed by atoms with Gasteiger partial charge in [-0.15, -0.1) is 0 Å². The Bertz CT molecular complexity index is 775. The van der Waals surface area contributed by atoms with Gasteiger partial charge in [-0.05, 0) is 0 Å². The molecular formula is C20H31NO14. The number of hydrogen-bond acceptors (Lipinski definition) is 14. The lowest BCUT2D eigenvalue weighted by molar-refractivity contribution is -0.343. The standard InChI is InChI=1S/C20H31NO14/c1-7(23)21-19-18(32-10(4)26)17(31-9(3)25)16(12(33-19)6-30-8(2)24)35-20-15(29)14(28)13(27)11(5-22)34-20/h11-20,22,27-29H,5-6H2,1-4H3,(H,21,23)/t11-,12-,13-,14+,15-,16-,17+,18-,19-,20+/m1/s1. The fourth-order valence-electron chi connectivity index (χ4n) is 3.71. The maximum atomic E-state index is 11.9. The summed E-state index contributed by atoms with van der Waals surface area (Å²) in [4.78, 5) is 46.9. The molecule has 200 valence electrons. The highest BCUT2D eigenvalue weighted by atomic mass is 16.7. The van der Waals surface area contributed by atoms with Crippen LogP contribution in [0.3, 0.4) is 0 Å². The van der Waals surface area contributed by atoms with Crippen molar-refractivity contribution >= 4 is 23.8 Å². The summed E-state index contributed by atoms with van der Waals surface area (Å²) in [7, 11) is 0. The maximum absolute atomic E-state index is 11.9. The molecule has 15 nitrogen and oxygen atoms in total. The number of esters is 3. The van der Waals surface area contributed by atoms with Gasteiger partial charge in [-0.25, -0.2) is 0 Å². The Morgan fingerprint density at radius 1 is 0.771 bits per heavy atom. The molecular weight excluding hydrogens is 478 g/mol. The molecule has 0 saturated carbocycles. The first kappa shape index (κ1) is 28.8. The molecule has 0 aromatic heterocycles. The van der Waals surface area contributed by atoms with Crippen molar-refractivity contribution in [1.82, 2.24) is 5.32 Å². The Labute approximate surface area is 200 Å². The number of amides is 1. The lowest BCUT2D eigenvalue weighted by Gasteiger charge is -2.47. The molecule has 0 aromatic rings. The zero-order valence-corrected chi connectivity index (χ0v) is 19.6. The van der Waals surface area contributed by atoms with Gasteiger partial charge >= 0.3 is 17.9 Å². The third-order valence-corrected chi connectivity index (χ3v) is 5.17. The molecule has 0 aliphatic carbocycles. The smallest absolute Gasteiger partial charge is 0.303 e. The minimum absolute atomic E-state index is 0.488. The van der Waals surface area contributed by atoms with E-state index in [4.69, 9.17) is 28.4 Å². The third-order valence-electron chi connectivity index (χ3n) is 5.17. The van der Waals surface area contributed by atoms with Crippen molar-refractivity contribution in [1.29, 1.82) is 0 Å². The SMILES string of the molecule is CC(=O)N[C@@H]1O[C@H](COC(C)=O)[C@@H](O[C@@H]2O[C@H](CO)[C@@H](O)[C@H](O)[C@H]2O)[C@H](OC(C)=O)[C@H]1OC(C)=O. The van der Waals surface area contributed by atoms with Crippen LogP contribution in [0.4, 0.5) is 0 Å². The number of carbonyl (C=O) groups is 4. The summed E-state index contributed by atoms with van der Waals surface area (Å²) in [5, 5.41) is 42.3. The lowest BCUT2D eigenvalue weighted by atomic mass is 9.96. The highest BCUT2D eigenvalue weighted by Gasteiger charge is 2.54. The van der Waals surface area contributed by atoms with Crippen LogP contribution >= 0.6 is 0 Å². The molecule has 2 fully saturated rings. The topological polar surface area (TPSA) is 217 Å². The van der Waals surface area contributed by atoms with Gasteiger partial charge in [-0.2, -0.15) is 0 Å². The summed E-state index contributed by atoms with van der Waals surface area (Å²) >= 11 is 0. The van der Waals surface area contributed by atoms with Crippen molar-refractivity contribution in [3.05, 3.63) is 0 Å². The average molecular weight is 509 g/mol. The molecule has 2 aliphatic heterocycles. The molecule has 15 heteroatoms. The van der Waals surface area contributed by atoms with Crippen LogP contribution in [0, 0.1) is 0 Å². The van der Waals surface area contributed by atoms with Gasteiger partial charge in [0.15, 0.2) is 24.7 Å². The first-order valence-corrected chi connectivity index (χ1v) is 10.7. The Morgan fingerprint density at radius 2 is 1.37 bits per heavy atom. The van der Waals surface area contributed by atoms with Crippen LogP contribution in [0.15, 0.2) is 0 Å². The number of hydrogen-bond donors (Lipinski definition) is 5. The van der Waals surface area contributed by atoms with Crippen LogP contribution in [0.1, 0.15) is 27.7 Å². The van der Waals surface area contributed by atoms with Crippen molar-refractivity contribution in [3.63, 3.8) is 0 Å². The molecule has 1 amide bonds. The van der Waals surface area contributed by atoms with E-state index in [2.05, 4.69) is 5.32 Å². The predicted molar refractivity (Wildman–Crippen MR) is 109 cm³/mol. The summed E-state index contributed by atoms with van der Waals surface area (Å²) < 4.78 is 32.5. The Morgan fingerprint density at radius 3 is 1.89 bits per heavy atom. The van der Waals surface area contributed by atoms with E-state index in [1.54, 1.807) is 0 Å². The van der Waals surface area contributed by atoms with E-state index in [1.807, 2.05) is 0 Å². The summed E-state index contributed by atoms with van der Waals surface area (Å²) in [5.41, 5.74) is 0. The number of aliphatic hydroxyl groups excluding tert-OH is 4. The molecule has 2 saturated heterocycles. The van der Waals surface area contributed by atoms with Gasteiger partial charge in [0.05, 0.1) is 6.61 Å². The van der Waals surface area contributed by atoms with Gasteiger partial charge in [0.25, 0.3) is 0 Å². The van der Waals surface area contributed by atoms with Gasteiger partial charge in [0.1, 0.15) is 43.2 Å². The number of carbonyl (C=O) groups excluding carboxylic acids is 4. The Kier molecular flexibility index (Phi) is 10.3. The van der Waals surface area contributed by atoms with Crippen LogP contribution in [-0.2, 0) is 47.6 Å². The van der Waals surface area contributed by atoms with E-state index in [1.165, 1.54) is 0 Å². The molecule has 2 rings (SSSR count). The molecule has 35 heavy (non-hydrogen) atoms. The second-order valence-electron chi connectivity index (χ2n) is 8.04. The van der Waals surface area contributed by atoms with Gasteiger partial charge in [-0.1, -0.05) is 0 Å². The molecule has 2 aliphatic rings. The summed E-state index contributed by atoms with van der Waals surface area (Å²) in [6.07, 6.45) is -15.4. The molecule has 2 heterocycles. The van der Waals surface area contributed by atoms with E-state index in [-0.39, 0.29) is 0 Å². The Balaban J connectivity index is 2.46. The first-order valence-electron chi connectivity index (χ1n) is 10.7. The van der Waals surface area contributed by atoms with E-state index in [0.29, 0.717) is 0 Å². The summed E-state index contributed by atoms with van der Waals surface area (Å²) in [6.45, 7) is 3.17. The molecule has 0 bridgehead atoms. The van der Waals surface area contributed by atoms with Gasteiger partial charge in [-0.3, -0.25) is 19.2 Å². The largest absolute Gasteiger partial charge is 0.463 e. The van der Waals surface area contributed by atoms with Crippen molar-refractivity contribution in [2.24, 2.45) is 0 Å². The molecule has 0 aromatic carbocycles. The molecule has 0 radical (unpaired) electrons. The van der Waals surface area contributed by atoms with E-state index in [9.17, 15) is 39.6 Å². The van der Waals surface area contributed by atoms with Crippen LogP contribution in [0.5, 0.6) is 0 Å². The number of aliphatic hydroxyl groups is 4. The van der Waals surface area contributed by atoms with E-state index in [0.717, 1.165) is 27.7 Å². The van der Waals surface area contributed by atoms with Crippen molar-refractivity contribution in [2.45, 2.75) is 89.0 Å². The highest BCUT2D eigenvalue weighted by molar-refractivity contribution is 5.73. The lowest BCUT2D eigenvalue weighted by Crippen LogP contribution is -2.68. The van der Waals surface area contributed by atoms with Crippen LogP contribution < -0.4 is 5.32 Å². The fourth-order valence-corrected chi connectivity index (χ4v) is 3.71. The summed E-state index contributed by atoms with van der Waals surface area (Å²) in [6, 6.07) is 0. The van der Waals surface area contributed by atoms with Crippen molar-refractivity contribution in [2.75, 3.05) is 13.2 Å². The Hall–Kier alpha value is -2.40. The van der Waals surface area contributed by atoms with Crippen molar-refractivity contribution < 1.29 is 68.0 Å². The predicted octanol–water partition coefficient (Wildman–Crippen LogP) is -3.54. The van der Waals surface area contributed by atoms with Crippen LogP contribution in [0.2, 0.25) is 0 Å². The quantitative estimate of drug-likeness (QED) is 0.158. The third kappa shape index (κ3) is 7.54. The normalized spacial score (nSPS) is 37.1. The maximum Gasteiger partial charge on any atom is 0.303 e. The first-order chi connectivity index (χ1) is 16.3. The number of ether oxygens (including phenoxy) is 6. The number of nitrogens with one attached hydrogen (secondary N) is 1. The minimum atomic E-state index is -1.83. The molecule has 0 spiro atoms. The zero-order valence-electron chi connectivity index (χ0n) is 19.6. The van der Waals surface area contributed by atoms with Crippen LogP contribution in [-0.4, -0.2) is 119 Å². The van der Waals surface area contributed by atoms with E-state index < -0.39 is 98.4 Å². The van der Waals surface area contributed by atoms with Gasteiger partial charge < -0.3 is 54.2 Å². The molecule has 0 unspecified atom stereocenters. The number of rotatable bonds is 8. The van der Waals surface area contributed by atoms with E-state index >= 15 is 0 Å². The average Bonchev–Trinajstić information content (AvgIpc) is 2.75. The summed E-state index contributed by atoms with van der Waals surface area (Å²) in [5.74, 6) is -2.96. The second kappa shape index (κ2) is 12.5. The monoisotopic (exact) mass is 509 g/mol. The van der Waals surface area contributed by atoms with Crippen molar-refractivity contribution in [3.8, 4) is 0 Å². The van der Waals surface area contributed by atoms with Crippen LogP contribution in [0.25, 0.3) is 0 Å². The van der Waals surface area contributed by atoms with Gasteiger partial charge in [0, 0.05) is 27.7 Å². The minimum Gasteiger partial charge on any atom is -0.463 e. The second-order valence-corrected chi connectivity index (χ2v) is 8.04. The molecule has 5 N–H and O–H groups in total. The highest BCUT2D eigenvalue weighted by Crippen LogP contribution is 2.32. The fraction of sp³-hybridized carbons (Fsp3) is 0.800. The van der Waals surface area contributed by atoms with Gasteiger partial charge in [0.2, 0.25) is 5.91 Å². The molecule has 10 atom stereocenters.